The first-order valence-corrected chi connectivity index (χ1v) is 10.5. The summed E-state index contributed by atoms with van der Waals surface area (Å²) in [6.45, 7) is 4.35. The van der Waals surface area contributed by atoms with E-state index < -0.39 is 5.72 Å². The lowest BCUT2D eigenvalue weighted by molar-refractivity contribution is -0.534. The molecule has 7 heteroatoms. The molecule has 0 bridgehead atoms. The fraction of sp³-hybridized carbons (Fsp3) is 0.435. The van der Waals surface area contributed by atoms with Crippen molar-refractivity contribution in [2.45, 2.75) is 38.3 Å². The second kappa shape index (κ2) is 8.47. The minimum Gasteiger partial charge on any atom is -1.00 e. The lowest BCUT2D eigenvalue weighted by atomic mass is 9.99. The molecule has 0 aliphatic carbocycles. The highest BCUT2D eigenvalue weighted by atomic mass is 79.9. The third kappa shape index (κ3) is 3.54. The van der Waals surface area contributed by atoms with Crippen molar-refractivity contribution in [3.05, 3.63) is 48.0 Å². The Balaban J connectivity index is 0.00000218. The molecular weight excluding hydrogens is 448 g/mol. The Labute approximate surface area is 187 Å². The summed E-state index contributed by atoms with van der Waals surface area (Å²) in [5.41, 5.74) is 0.634. The van der Waals surface area contributed by atoms with Gasteiger partial charge in [0.25, 0.3) is 11.6 Å². The standard InChI is InChI=1S/C23H27N2O4.BrH/c1-2-27-19-10-7-17(8-11-19)23(26)15-24-13-5-3-4-6-22(24)25(23)18-9-12-20-21(14-18)29-16-28-20;/h7-12,14,26H,2-6,13,15-16H2,1H3;1H/q+1;/p-1. The zero-order valence-corrected chi connectivity index (χ0v) is 18.7. The number of hydrogen-bond donors (Lipinski definition) is 1. The maximum Gasteiger partial charge on any atom is 0.275 e. The van der Waals surface area contributed by atoms with Crippen LogP contribution in [0.4, 0.5) is 5.69 Å². The van der Waals surface area contributed by atoms with Crippen LogP contribution < -0.4 is 36.1 Å². The number of ether oxygens (including phenoxy) is 3. The SMILES string of the molecule is CCOc1ccc(C2(O)C[N+]3=C(CCCCC3)N2c2ccc3c(c2)OCO3)cc1.[Br-]. The number of rotatable bonds is 4. The van der Waals surface area contributed by atoms with E-state index in [0.29, 0.717) is 13.2 Å². The topological polar surface area (TPSA) is 54.2 Å². The van der Waals surface area contributed by atoms with Crippen LogP contribution in [-0.4, -0.2) is 42.0 Å². The summed E-state index contributed by atoms with van der Waals surface area (Å²) in [6.07, 6.45) is 4.45. The monoisotopic (exact) mass is 474 g/mol. The molecule has 1 unspecified atom stereocenters. The minimum atomic E-state index is -1.15. The lowest BCUT2D eigenvalue weighted by Gasteiger charge is -2.29. The van der Waals surface area contributed by atoms with Crippen molar-refractivity contribution >= 4 is 11.5 Å². The molecular formula is C23H27BrN2O4. The van der Waals surface area contributed by atoms with Gasteiger partial charge in [-0.05, 0) is 62.6 Å². The summed E-state index contributed by atoms with van der Waals surface area (Å²) in [6, 6.07) is 13.7. The Bertz CT molecular complexity index is 947. The van der Waals surface area contributed by atoms with Crippen LogP contribution in [-0.2, 0) is 5.72 Å². The number of nitrogens with zero attached hydrogens (tertiary/aromatic N) is 2. The van der Waals surface area contributed by atoms with Gasteiger partial charge >= 0.3 is 0 Å². The van der Waals surface area contributed by atoms with Gasteiger partial charge in [0, 0.05) is 18.1 Å². The fourth-order valence-corrected chi connectivity index (χ4v) is 4.62. The van der Waals surface area contributed by atoms with Gasteiger partial charge in [0.05, 0.1) is 13.2 Å². The van der Waals surface area contributed by atoms with Crippen LogP contribution in [0.25, 0.3) is 0 Å². The summed E-state index contributed by atoms with van der Waals surface area (Å²) in [4.78, 5) is 2.09. The molecule has 5 rings (SSSR count). The van der Waals surface area contributed by atoms with Gasteiger partial charge in [-0.1, -0.05) is 0 Å². The molecule has 2 aromatic carbocycles. The van der Waals surface area contributed by atoms with Crippen molar-refractivity contribution in [2.75, 3.05) is 31.4 Å². The highest BCUT2D eigenvalue weighted by molar-refractivity contribution is 5.97. The van der Waals surface area contributed by atoms with Crippen molar-refractivity contribution in [1.29, 1.82) is 0 Å². The quantitative estimate of drug-likeness (QED) is 0.652. The average Bonchev–Trinajstić information content (AvgIpc) is 3.23. The molecule has 0 fully saturated rings. The number of benzene rings is 2. The van der Waals surface area contributed by atoms with E-state index in [1.807, 2.05) is 49.4 Å². The van der Waals surface area contributed by atoms with E-state index in [1.54, 1.807) is 0 Å². The third-order valence-corrected chi connectivity index (χ3v) is 5.97. The Morgan fingerprint density at radius 1 is 1.07 bits per heavy atom. The third-order valence-electron chi connectivity index (χ3n) is 5.97. The van der Waals surface area contributed by atoms with Crippen LogP contribution in [0.15, 0.2) is 42.5 Å². The molecule has 2 aromatic rings. The smallest absolute Gasteiger partial charge is 0.275 e. The van der Waals surface area contributed by atoms with Crippen molar-refractivity contribution in [2.24, 2.45) is 0 Å². The predicted octanol–water partition coefficient (Wildman–Crippen LogP) is 0.468. The molecule has 0 radical (unpaired) electrons. The molecule has 6 nitrogen and oxygen atoms in total. The van der Waals surface area contributed by atoms with E-state index in [4.69, 9.17) is 14.2 Å². The van der Waals surface area contributed by atoms with Crippen LogP contribution in [0, 0.1) is 0 Å². The number of hydrogen-bond acceptors (Lipinski definition) is 5. The van der Waals surface area contributed by atoms with Gasteiger partial charge < -0.3 is 36.3 Å². The lowest BCUT2D eigenvalue weighted by Crippen LogP contribution is -3.00. The van der Waals surface area contributed by atoms with E-state index in [9.17, 15) is 5.11 Å². The van der Waals surface area contributed by atoms with E-state index in [-0.39, 0.29) is 23.8 Å². The summed E-state index contributed by atoms with van der Waals surface area (Å²) in [5.74, 6) is 3.47. The number of amidine groups is 1. The van der Waals surface area contributed by atoms with Crippen molar-refractivity contribution in [1.82, 2.24) is 0 Å². The Morgan fingerprint density at radius 2 is 1.87 bits per heavy atom. The number of fused-ring (bicyclic) bond motifs is 1. The van der Waals surface area contributed by atoms with Crippen molar-refractivity contribution in [3.8, 4) is 17.2 Å². The van der Waals surface area contributed by atoms with Crippen LogP contribution >= 0.6 is 0 Å². The predicted molar refractivity (Wildman–Crippen MR) is 110 cm³/mol. The number of halogens is 1. The Kier molecular flexibility index (Phi) is 5.93. The number of aliphatic hydroxyl groups is 1. The first-order chi connectivity index (χ1) is 14.2. The summed E-state index contributed by atoms with van der Waals surface area (Å²) in [5, 5.41) is 12.0. The summed E-state index contributed by atoms with van der Waals surface area (Å²) >= 11 is 0. The Hall–Kier alpha value is -2.25. The largest absolute Gasteiger partial charge is 1.00 e. The zero-order valence-electron chi connectivity index (χ0n) is 17.1. The first kappa shape index (κ1) is 21.0. The van der Waals surface area contributed by atoms with Crippen molar-refractivity contribution in [3.63, 3.8) is 0 Å². The highest BCUT2D eigenvalue weighted by Gasteiger charge is 2.54. The molecule has 1 N–H and O–H groups in total. The molecule has 0 spiro atoms. The molecule has 0 amide bonds. The molecule has 0 aromatic heterocycles. The fourth-order valence-electron chi connectivity index (χ4n) is 4.62. The zero-order chi connectivity index (χ0) is 19.8. The maximum absolute atomic E-state index is 12.0. The maximum atomic E-state index is 12.0. The van der Waals surface area contributed by atoms with Gasteiger partial charge in [0.1, 0.15) is 11.4 Å². The van der Waals surface area contributed by atoms with Gasteiger partial charge in [-0.2, -0.15) is 4.90 Å². The van der Waals surface area contributed by atoms with Gasteiger partial charge in [-0.25, -0.2) is 0 Å². The van der Waals surface area contributed by atoms with Crippen LogP contribution in [0.2, 0.25) is 0 Å². The molecule has 3 aliphatic rings. The molecule has 1 atom stereocenters. The molecule has 3 heterocycles. The molecule has 30 heavy (non-hydrogen) atoms. The summed E-state index contributed by atoms with van der Waals surface area (Å²) < 4.78 is 19.0. The second-order valence-corrected chi connectivity index (χ2v) is 7.80. The van der Waals surface area contributed by atoms with E-state index in [1.165, 1.54) is 12.3 Å². The second-order valence-electron chi connectivity index (χ2n) is 7.80. The summed E-state index contributed by atoms with van der Waals surface area (Å²) in [7, 11) is 0. The van der Waals surface area contributed by atoms with Gasteiger partial charge in [-0.3, -0.25) is 4.58 Å². The molecule has 3 aliphatic heterocycles. The average molecular weight is 475 g/mol. The van der Waals surface area contributed by atoms with E-state index in [0.717, 1.165) is 54.3 Å². The van der Waals surface area contributed by atoms with Gasteiger partial charge in [-0.15, -0.1) is 0 Å². The number of anilines is 1. The molecule has 160 valence electrons. The highest BCUT2D eigenvalue weighted by Crippen LogP contribution is 2.42. The van der Waals surface area contributed by atoms with Crippen LogP contribution in [0.5, 0.6) is 17.2 Å². The van der Waals surface area contributed by atoms with E-state index >= 15 is 0 Å². The van der Waals surface area contributed by atoms with Crippen LogP contribution in [0.1, 0.15) is 38.2 Å². The van der Waals surface area contributed by atoms with Crippen molar-refractivity contribution < 1.29 is 40.9 Å². The van der Waals surface area contributed by atoms with Gasteiger partial charge in [0.2, 0.25) is 6.79 Å². The molecule has 0 saturated heterocycles. The van der Waals surface area contributed by atoms with Crippen LogP contribution in [0.3, 0.4) is 0 Å². The Morgan fingerprint density at radius 3 is 2.67 bits per heavy atom. The van der Waals surface area contributed by atoms with E-state index in [2.05, 4.69) is 9.48 Å². The minimum absolute atomic E-state index is 0. The van der Waals surface area contributed by atoms with Gasteiger partial charge in [0.15, 0.2) is 18.0 Å². The molecule has 0 saturated carbocycles. The first-order valence-electron chi connectivity index (χ1n) is 10.5. The normalized spacial score (nSPS) is 22.4.